The number of hydrogen-bond acceptors (Lipinski definition) is 2. The zero-order valence-electron chi connectivity index (χ0n) is 11.7. The first-order valence-corrected chi connectivity index (χ1v) is 7.58. The SMILES string of the molecule is COc1cccc(CC(Cl)c2cc(Br)c(F)cc2OC)c1. The van der Waals surface area contributed by atoms with Gasteiger partial charge in [0.15, 0.2) is 0 Å². The Kier molecular flexibility index (Phi) is 5.48. The minimum absolute atomic E-state index is 0.330. The van der Waals surface area contributed by atoms with Gasteiger partial charge in [0.1, 0.15) is 17.3 Å². The van der Waals surface area contributed by atoms with E-state index in [0.29, 0.717) is 16.6 Å². The Labute approximate surface area is 137 Å². The summed E-state index contributed by atoms with van der Waals surface area (Å²) in [5.41, 5.74) is 1.78. The van der Waals surface area contributed by atoms with E-state index in [9.17, 15) is 4.39 Å². The average Bonchev–Trinajstić information content (AvgIpc) is 2.49. The van der Waals surface area contributed by atoms with Gasteiger partial charge in [0, 0.05) is 11.6 Å². The van der Waals surface area contributed by atoms with E-state index in [1.165, 1.54) is 13.2 Å². The topological polar surface area (TPSA) is 18.5 Å². The summed E-state index contributed by atoms with van der Waals surface area (Å²) in [6.45, 7) is 0. The largest absolute Gasteiger partial charge is 0.497 e. The van der Waals surface area contributed by atoms with E-state index in [1.54, 1.807) is 13.2 Å². The van der Waals surface area contributed by atoms with Gasteiger partial charge in [-0.2, -0.15) is 0 Å². The molecule has 0 aliphatic rings. The fraction of sp³-hybridized carbons (Fsp3) is 0.250. The van der Waals surface area contributed by atoms with Crippen LogP contribution < -0.4 is 9.47 Å². The van der Waals surface area contributed by atoms with Gasteiger partial charge in [0.2, 0.25) is 0 Å². The molecule has 0 aliphatic carbocycles. The van der Waals surface area contributed by atoms with Crippen LogP contribution in [0.15, 0.2) is 40.9 Å². The van der Waals surface area contributed by atoms with Crippen LogP contribution in [0.5, 0.6) is 11.5 Å². The molecule has 2 aromatic carbocycles. The van der Waals surface area contributed by atoms with Crippen LogP contribution >= 0.6 is 27.5 Å². The molecule has 5 heteroatoms. The van der Waals surface area contributed by atoms with Gasteiger partial charge in [0.25, 0.3) is 0 Å². The predicted molar refractivity (Wildman–Crippen MR) is 85.9 cm³/mol. The van der Waals surface area contributed by atoms with Crippen LogP contribution in [-0.4, -0.2) is 14.2 Å². The van der Waals surface area contributed by atoms with Gasteiger partial charge in [-0.3, -0.25) is 0 Å². The predicted octanol–water partition coefficient (Wildman–Crippen LogP) is 5.13. The number of alkyl halides is 1. The van der Waals surface area contributed by atoms with Crippen molar-refractivity contribution in [3.05, 3.63) is 57.8 Å². The summed E-state index contributed by atoms with van der Waals surface area (Å²) >= 11 is 9.66. The molecular formula is C16H15BrClFO2. The Bertz CT molecular complexity index is 634. The summed E-state index contributed by atoms with van der Waals surface area (Å²) in [6.07, 6.45) is 0.590. The van der Waals surface area contributed by atoms with Crippen molar-refractivity contribution in [1.29, 1.82) is 0 Å². The summed E-state index contributed by atoms with van der Waals surface area (Å²) in [5, 5.41) is -0.330. The number of methoxy groups -OCH3 is 2. The molecule has 0 radical (unpaired) electrons. The molecule has 2 rings (SSSR count). The zero-order chi connectivity index (χ0) is 15.4. The van der Waals surface area contributed by atoms with Crippen molar-refractivity contribution in [2.24, 2.45) is 0 Å². The minimum atomic E-state index is -0.374. The lowest BCUT2D eigenvalue weighted by Gasteiger charge is -2.15. The maximum Gasteiger partial charge on any atom is 0.141 e. The molecule has 2 nitrogen and oxygen atoms in total. The second kappa shape index (κ2) is 7.14. The smallest absolute Gasteiger partial charge is 0.141 e. The first-order chi connectivity index (χ1) is 10.0. The van der Waals surface area contributed by atoms with E-state index < -0.39 is 0 Å². The molecule has 1 unspecified atom stereocenters. The highest BCUT2D eigenvalue weighted by atomic mass is 79.9. The lowest BCUT2D eigenvalue weighted by Crippen LogP contribution is -2.01. The summed E-state index contributed by atoms with van der Waals surface area (Å²) in [7, 11) is 3.12. The molecule has 0 fully saturated rings. The maximum absolute atomic E-state index is 13.5. The number of ether oxygens (including phenoxy) is 2. The van der Waals surface area contributed by atoms with E-state index in [1.807, 2.05) is 24.3 Å². The van der Waals surface area contributed by atoms with Crippen molar-refractivity contribution in [1.82, 2.24) is 0 Å². The van der Waals surface area contributed by atoms with Crippen LogP contribution in [0.3, 0.4) is 0 Å². The van der Waals surface area contributed by atoms with Crippen LogP contribution in [-0.2, 0) is 6.42 Å². The molecule has 21 heavy (non-hydrogen) atoms. The Morgan fingerprint density at radius 1 is 1.19 bits per heavy atom. The van der Waals surface area contributed by atoms with Crippen molar-refractivity contribution in [2.75, 3.05) is 14.2 Å². The van der Waals surface area contributed by atoms with E-state index in [2.05, 4.69) is 15.9 Å². The van der Waals surface area contributed by atoms with Crippen LogP contribution in [0, 0.1) is 5.82 Å². The van der Waals surface area contributed by atoms with Crippen molar-refractivity contribution >= 4 is 27.5 Å². The first-order valence-electron chi connectivity index (χ1n) is 6.35. The average molecular weight is 374 g/mol. The highest BCUT2D eigenvalue weighted by Crippen LogP contribution is 2.36. The van der Waals surface area contributed by atoms with Crippen molar-refractivity contribution in [2.45, 2.75) is 11.8 Å². The van der Waals surface area contributed by atoms with Gasteiger partial charge in [-0.05, 0) is 46.1 Å². The molecule has 2 aromatic rings. The van der Waals surface area contributed by atoms with Gasteiger partial charge in [0.05, 0.1) is 24.1 Å². The molecule has 0 aliphatic heterocycles. The maximum atomic E-state index is 13.5. The first kappa shape index (κ1) is 16.1. The van der Waals surface area contributed by atoms with E-state index in [4.69, 9.17) is 21.1 Å². The number of hydrogen-bond donors (Lipinski definition) is 0. The zero-order valence-corrected chi connectivity index (χ0v) is 14.0. The van der Waals surface area contributed by atoms with Gasteiger partial charge < -0.3 is 9.47 Å². The molecule has 0 amide bonds. The second-order valence-corrected chi connectivity index (χ2v) is 5.91. The molecule has 0 heterocycles. The quantitative estimate of drug-likeness (QED) is 0.677. The van der Waals surface area contributed by atoms with Gasteiger partial charge in [-0.1, -0.05) is 12.1 Å². The fourth-order valence-corrected chi connectivity index (χ4v) is 2.79. The van der Waals surface area contributed by atoms with E-state index in [0.717, 1.165) is 16.9 Å². The van der Waals surface area contributed by atoms with Gasteiger partial charge >= 0.3 is 0 Å². The molecule has 0 bridgehead atoms. The van der Waals surface area contributed by atoms with Crippen molar-refractivity contribution in [3.8, 4) is 11.5 Å². The van der Waals surface area contributed by atoms with Gasteiger partial charge in [-0.15, -0.1) is 11.6 Å². The van der Waals surface area contributed by atoms with Crippen LogP contribution in [0.2, 0.25) is 0 Å². The van der Waals surface area contributed by atoms with Crippen molar-refractivity contribution < 1.29 is 13.9 Å². The van der Waals surface area contributed by atoms with Gasteiger partial charge in [-0.25, -0.2) is 4.39 Å². The number of rotatable bonds is 5. The summed E-state index contributed by atoms with van der Waals surface area (Å²) in [4.78, 5) is 0. The lowest BCUT2D eigenvalue weighted by molar-refractivity contribution is 0.405. The fourth-order valence-electron chi connectivity index (χ4n) is 2.08. The van der Waals surface area contributed by atoms with E-state index in [-0.39, 0.29) is 11.2 Å². The summed E-state index contributed by atoms with van der Waals surface area (Å²) < 4.78 is 24.3. The second-order valence-electron chi connectivity index (χ2n) is 4.53. The molecular weight excluding hydrogens is 359 g/mol. The summed E-state index contributed by atoms with van der Waals surface area (Å²) in [5.74, 6) is 0.850. The molecule has 0 saturated carbocycles. The van der Waals surface area contributed by atoms with Crippen LogP contribution in [0.1, 0.15) is 16.5 Å². The standard InChI is InChI=1S/C16H15BrClFO2/c1-20-11-5-3-4-10(6-11)7-14(18)12-8-13(17)15(19)9-16(12)21-2/h3-6,8-9,14H,7H2,1-2H3. The van der Waals surface area contributed by atoms with E-state index >= 15 is 0 Å². The third-order valence-corrected chi connectivity index (χ3v) is 4.16. The van der Waals surface area contributed by atoms with Crippen LogP contribution in [0.25, 0.3) is 0 Å². The highest BCUT2D eigenvalue weighted by molar-refractivity contribution is 9.10. The third kappa shape index (κ3) is 3.89. The molecule has 0 N–H and O–H groups in total. The highest BCUT2D eigenvalue weighted by Gasteiger charge is 2.17. The Balaban J connectivity index is 2.27. The molecule has 112 valence electrons. The number of benzene rings is 2. The third-order valence-electron chi connectivity index (χ3n) is 3.16. The Hall–Kier alpha value is -1.26. The number of halogens is 3. The monoisotopic (exact) mass is 372 g/mol. The normalized spacial score (nSPS) is 12.0. The molecule has 0 aromatic heterocycles. The molecule has 0 saturated heterocycles. The Morgan fingerprint density at radius 2 is 1.95 bits per heavy atom. The minimum Gasteiger partial charge on any atom is -0.497 e. The molecule has 1 atom stereocenters. The lowest BCUT2D eigenvalue weighted by atomic mass is 10.0. The van der Waals surface area contributed by atoms with Crippen LogP contribution in [0.4, 0.5) is 4.39 Å². The molecule has 0 spiro atoms. The van der Waals surface area contributed by atoms with Crippen molar-refractivity contribution in [3.63, 3.8) is 0 Å². The Morgan fingerprint density at radius 3 is 2.62 bits per heavy atom. The summed E-state index contributed by atoms with van der Waals surface area (Å²) in [6, 6.07) is 10.7.